The Morgan fingerprint density at radius 3 is 2.06 bits per heavy atom. The number of anilines is 1. The molecule has 3 aliphatic heterocycles. The molecule has 1 aliphatic carbocycles. The van der Waals surface area contributed by atoms with Gasteiger partial charge in [0, 0.05) is 35.3 Å². The zero-order chi connectivity index (χ0) is 25.0. The van der Waals surface area contributed by atoms with Crippen LogP contribution in [0, 0.1) is 5.41 Å². The molecule has 182 valence electrons. The molecular formula is C32H31NO3. The van der Waals surface area contributed by atoms with Crippen molar-refractivity contribution in [2.75, 3.05) is 18.0 Å². The molecule has 3 heterocycles. The van der Waals surface area contributed by atoms with Gasteiger partial charge in [-0.3, -0.25) is 9.59 Å². The van der Waals surface area contributed by atoms with Crippen LogP contribution in [-0.2, 0) is 17.6 Å². The first-order valence-corrected chi connectivity index (χ1v) is 12.9. The van der Waals surface area contributed by atoms with Crippen molar-refractivity contribution >= 4 is 23.3 Å². The van der Waals surface area contributed by atoms with Crippen molar-refractivity contribution in [2.45, 2.75) is 46.5 Å². The number of hydrogen-bond acceptors (Lipinski definition) is 4. The molecule has 4 aliphatic rings. The molecule has 0 fully saturated rings. The molecule has 4 nitrogen and oxygen atoms in total. The molecule has 0 atom stereocenters. The molecular weight excluding hydrogens is 446 g/mol. The van der Waals surface area contributed by atoms with Crippen LogP contribution in [0.2, 0.25) is 0 Å². The Morgan fingerprint density at radius 2 is 1.47 bits per heavy atom. The summed E-state index contributed by atoms with van der Waals surface area (Å²) >= 11 is 0. The quantitative estimate of drug-likeness (QED) is 0.360. The standard InChI is InChI=1S/C32H31NO3/c1-32(2,3)27-19-23(28-30(34)25-10-4-5-11-26(25)31(28)35)18-24(36-27)13-12-20-16-21-8-6-14-33-15-7-9-22(17-20)29(21)33/h4-5,10-13,16-19H,6-9,14-15H2,1-3H3. The van der Waals surface area contributed by atoms with Gasteiger partial charge in [-0.2, -0.15) is 0 Å². The minimum Gasteiger partial charge on any atom is -0.461 e. The van der Waals surface area contributed by atoms with Crippen LogP contribution in [0.1, 0.15) is 71.0 Å². The monoisotopic (exact) mass is 477 g/mol. The van der Waals surface area contributed by atoms with Crippen LogP contribution >= 0.6 is 0 Å². The van der Waals surface area contributed by atoms with Crippen LogP contribution in [-0.4, -0.2) is 24.7 Å². The molecule has 0 saturated heterocycles. The van der Waals surface area contributed by atoms with Gasteiger partial charge in [0.15, 0.2) is 11.6 Å². The summed E-state index contributed by atoms with van der Waals surface area (Å²) in [4.78, 5) is 28.9. The first kappa shape index (κ1) is 22.8. The van der Waals surface area contributed by atoms with E-state index in [9.17, 15) is 9.59 Å². The Kier molecular flexibility index (Phi) is 5.36. The van der Waals surface area contributed by atoms with Crippen LogP contribution in [0.3, 0.4) is 0 Å². The molecule has 6 rings (SSSR count). The van der Waals surface area contributed by atoms with Crippen molar-refractivity contribution in [1.29, 1.82) is 0 Å². The molecule has 4 heteroatoms. The minimum atomic E-state index is -0.282. The topological polar surface area (TPSA) is 46.6 Å². The number of benzene rings is 2. The average Bonchev–Trinajstić information content (AvgIpc) is 3.12. The van der Waals surface area contributed by atoms with E-state index in [4.69, 9.17) is 4.74 Å². The Hall–Kier alpha value is -3.66. The summed E-state index contributed by atoms with van der Waals surface area (Å²) in [7, 11) is 0. The van der Waals surface area contributed by atoms with Crippen molar-refractivity contribution < 1.29 is 14.3 Å². The Morgan fingerprint density at radius 1 is 0.861 bits per heavy atom. The SMILES string of the molecule is CC(C)(C)C1=CC(=C2C(=O)c3ccccc3C2=O)C=C(C=Cc2cc3c4c(c2)CCCN4CCC3)O1. The fraction of sp³-hybridized carbons (Fsp3) is 0.312. The number of hydrogen-bond donors (Lipinski definition) is 0. The van der Waals surface area contributed by atoms with E-state index < -0.39 is 0 Å². The number of fused-ring (bicyclic) bond motifs is 1. The van der Waals surface area contributed by atoms with E-state index in [2.05, 4.69) is 43.9 Å². The summed E-state index contributed by atoms with van der Waals surface area (Å²) in [5.74, 6) is 0.944. The fourth-order valence-corrected chi connectivity index (χ4v) is 5.74. The number of carbonyl (C=O) groups is 2. The van der Waals surface area contributed by atoms with Gasteiger partial charge in [-0.25, -0.2) is 0 Å². The van der Waals surface area contributed by atoms with Gasteiger partial charge in [0.2, 0.25) is 0 Å². The highest BCUT2D eigenvalue weighted by Gasteiger charge is 2.36. The number of rotatable bonds is 2. The molecule has 2 aromatic rings. The maximum atomic E-state index is 13.2. The number of carbonyl (C=O) groups excluding carboxylic acids is 2. The lowest BCUT2D eigenvalue weighted by Crippen LogP contribution is -2.34. The highest BCUT2D eigenvalue weighted by molar-refractivity contribution is 6.40. The van der Waals surface area contributed by atoms with Gasteiger partial charge in [0.05, 0.1) is 5.57 Å². The average molecular weight is 478 g/mol. The Bertz CT molecular complexity index is 1360. The van der Waals surface area contributed by atoms with E-state index in [0.29, 0.717) is 22.5 Å². The number of ether oxygens (including phenoxy) is 1. The molecule has 0 bridgehead atoms. The van der Waals surface area contributed by atoms with Crippen LogP contribution in [0.25, 0.3) is 6.08 Å². The van der Waals surface area contributed by atoms with Crippen molar-refractivity contribution in [3.63, 3.8) is 0 Å². The summed E-state index contributed by atoms with van der Waals surface area (Å²) in [5.41, 5.74) is 7.02. The maximum absolute atomic E-state index is 13.2. The smallest absolute Gasteiger partial charge is 0.198 e. The summed E-state index contributed by atoms with van der Waals surface area (Å²) in [6, 6.07) is 11.7. The first-order chi connectivity index (χ1) is 17.3. The molecule has 0 radical (unpaired) electrons. The highest BCUT2D eigenvalue weighted by Crippen LogP contribution is 2.39. The number of allylic oxidation sites excluding steroid dienone is 6. The Labute approximate surface area is 212 Å². The second-order valence-electron chi connectivity index (χ2n) is 11.2. The number of nitrogens with zero attached hydrogens (tertiary/aromatic N) is 1. The second-order valence-corrected chi connectivity index (χ2v) is 11.2. The van der Waals surface area contributed by atoms with E-state index in [-0.39, 0.29) is 22.6 Å². The zero-order valence-electron chi connectivity index (χ0n) is 21.2. The largest absolute Gasteiger partial charge is 0.461 e. The van der Waals surface area contributed by atoms with Crippen LogP contribution in [0.4, 0.5) is 5.69 Å². The molecule has 0 saturated carbocycles. The van der Waals surface area contributed by atoms with E-state index >= 15 is 0 Å². The number of aryl methyl sites for hydroxylation is 2. The summed E-state index contributed by atoms with van der Waals surface area (Å²) in [6.45, 7) is 8.54. The van der Waals surface area contributed by atoms with Crippen LogP contribution in [0.15, 0.2) is 77.3 Å². The summed E-state index contributed by atoms with van der Waals surface area (Å²) in [6.07, 6.45) is 12.4. The third-order valence-electron chi connectivity index (χ3n) is 7.51. The number of ketones is 2. The molecule has 0 unspecified atom stereocenters. The number of Topliss-reactive ketones (excluding diaryl/α,β-unsaturated/α-hetero) is 2. The zero-order valence-corrected chi connectivity index (χ0v) is 21.2. The lowest BCUT2D eigenvalue weighted by molar-refractivity contribution is 0.0987. The molecule has 2 aromatic carbocycles. The van der Waals surface area contributed by atoms with E-state index in [1.165, 1.54) is 35.2 Å². The van der Waals surface area contributed by atoms with Crippen LogP contribution < -0.4 is 4.90 Å². The molecule has 0 aromatic heterocycles. The second kappa shape index (κ2) is 8.48. The van der Waals surface area contributed by atoms with E-state index in [1.54, 1.807) is 24.3 Å². The fourth-order valence-electron chi connectivity index (χ4n) is 5.74. The predicted molar refractivity (Wildman–Crippen MR) is 143 cm³/mol. The normalized spacial score (nSPS) is 19.2. The van der Waals surface area contributed by atoms with Crippen molar-refractivity contribution in [1.82, 2.24) is 0 Å². The third kappa shape index (κ3) is 3.85. The van der Waals surface area contributed by atoms with Crippen molar-refractivity contribution in [3.05, 3.63) is 105 Å². The van der Waals surface area contributed by atoms with E-state index in [1.807, 2.05) is 18.2 Å². The first-order valence-electron chi connectivity index (χ1n) is 12.9. The van der Waals surface area contributed by atoms with Gasteiger partial charge in [-0.15, -0.1) is 0 Å². The lowest BCUT2D eigenvalue weighted by Gasteiger charge is -2.37. The highest BCUT2D eigenvalue weighted by atomic mass is 16.5. The molecule has 0 N–H and O–H groups in total. The predicted octanol–water partition coefficient (Wildman–Crippen LogP) is 6.62. The van der Waals surface area contributed by atoms with Gasteiger partial charge in [-0.05, 0) is 78.3 Å². The van der Waals surface area contributed by atoms with Crippen LogP contribution in [0.5, 0.6) is 0 Å². The van der Waals surface area contributed by atoms with Gasteiger partial charge >= 0.3 is 0 Å². The summed E-state index contributed by atoms with van der Waals surface area (Å²) in [5, 5.41) is 0. The third-order valence-corrected chi connectivity index (χ3v) is 7.51. The lowest BCUT2D eigenvalue weighted by atomic mass is 9.89. The molecule has 0 amide bonds. The Balaban J connectivity index is 1.39. The van der Waals surface area contributed by atoms with E-state index in [0.717, 1.165) is 31.7 Å². The van der Waals surface area contributed by atoms with Gasteiger partial charge in [0.25, 0.3) is 0 Å². The van der Waals surface area contributed by atoms with Gasteiger partial charge < -0.3 is 9.64 Å². The molecule has 0 spiro atoms. The maximum Gasteiger partial charge on any atom is 0.198 e. The minimum absolute atomic E-state index is 0.213. The van der Waals surface area contributed by atoms with Gasteiger partial charge in [-0.1, -0.05) is 51.1 Å². The summed E-state index contributed by atoms with van der Waals surface area (Å²) < 4.78 is 6.28. The van der Waals surface area contributed by atoms with Crippen molar-refractivity contribution in [3.8, 4) is 0 Å². The molecule has 36 heavy (non-hydrogen) atoms. The van der Waals surface area contributed by atoms with Crippen molar-refractivity contribution in [2.24, 2.45) is 5.41 Å². The van der Waals surface area contributed by atoms with Gasteiger partial charge in [0.1, 0.15) is 11.5 Å².